The van der Waals surface area contributed by atoms with Crippen molar-refractivity contribution < 1.29 is 4.92 Å². The van der Waals surface area contributed by atoms with E-state index in [2.05, 4.69) is 29.1 Å². The highest BCUT2D eigenvalue weighted by atomic mass is 16.6. The van der Waals surface area contributed by atoms with Crippen molar-refractivity contribution in [1.29, 1.82) is 0 Å². The highest BCUT2D eigenvalue weighted by Gasteiger charge is 2.29. The molecule has 116 valence electrons. The number of nitrogens with one attached hydrogen (secondary N) is 1. The zero-order valence-corrected chi connectivity index (χ0v) is 12.9. The molecule has 2 heterocycles. The van der Waals surface area contributed by atoms with Gasteiger partial charge in [-0.3, -0.25) is 10.1 Å². The van der Waals surface area contributed by atoms with E-state index in [1.807, 2.05) is 11.8 Å². The number of anilines is 2. The Balaban J connectivity index is 2.31. The Kier molecular flexibility index (Phi) is 4.93. The molecule has 7 nitrogen and oxygen atoms in total. The second-order valence-corrected chi connectivity index (χ2v) is 5.94. The molecular weight excluding hydrogens is 270 g/mol. The van der Waals surface area contributed by atoms with Crippen molar-refractivity contribution in [3.05, 3.63) is 16.3 Å². The van der Waals surface area contributed by atoms with Crippen molar-refractivity contribution in [2.24, 2.45) is 11.8 Å². The Bertz CT molecular complexity index is 498. The molecule has 1 aromatic rings. The van der Waals surface area contributed by atoms with Gasteiger partial charge in [0.15, 0.2) is 0 Å². The third-order valence-electron chi connectivity index (χ3n) is 3.65. The molecule has 0 radical (unpaired) electrons. The predicted octanol–water partition coefficient (Wildman–Crippen LogP) is 2.69. The van der Waals surface area contributed by atoms with Crippen LogP contribution in [0.15, 0.2) is 6.20 Å². The van der Waals surface area contributed by atoms with Crippen LogP contribution in [0.1, 0.15) is 33.6 Å². The van der Waals surface area contributed by atoms with Crippen LogP contribution >= 0.6 is 0 Å². The van der Waals surface area contributed by atoms with Gasteiger partial charge in [-0.1, -0.05) is 20.8 Å². The Morgan fingerprint density at radius 2 is 2.10 bits per heavy atom. The first-order valence-electron chi connectivity index (χ1n) is 7.51. The SMILES string of the molecule is CCCNc1ncc([N+](=O)[O-])c(N2CC(C)CC(C)C2)n1. The van der Waals surface area contributed by atoms with Gasteiger partial charge in [-0.05, 0) is 24.7 Å². The molecule has 2 rings (SSSR count). The molecule has 1 N–H and O–H groups in total. The van der Waals surface area contributed by atoms with E-state index < -0.39 is 4.92 Å². The summed E-state index contributed by atoms with van der Waals surface area (Å²) in [6.07, 6.45) is 3.41. The maximum Gasteiger partial charge on any atom is 0.329 e. The number of hydrogen-bond acceptors (Lipinski definition) is 6. The number of aromatic nitrogens is 2. The molecule has 1 aliphatic heterocycles. The van der Waals surface area contributed by atoms with Gasteiger partial charge in [0, 0.05) is 19.6 Å². The number of hydrogen-bond donors (Lipinski definition) is 1. The molecule has 0 amide bonds. The summed E-state index contributed by atoms with van der Waals surface area (Å²) in [7, 11) is 0. The van der Waals surface area contributed by atoms with Crippen molar-refractivity contribution in [1.82, 2.24) is 9.97 Å². The van der Waals surface area contributed by atoms with Gasteiger partial charge in [-0.25, -0.2) is 4.98 Å². The van der Waals surface area contributed by atoms with Crippen LogP contribution in [0.4, 0.5) is 17.5 Å². The second kappa shape index (κ2) is 6.69. The average molecular weight is 293 g/mol. The molecule has 2 atom stereocenters. The molecule has 0 bridgehead atoms. The number of rotatable bonds is 5. The lowest BCUT2D eigenvalue weighted by Gasteiger charge is -2.35. The van der Waals surface area contributed by atoms with Crippen LogP contribution in [0.3, 0.4) is 0 Å². The average Bonchev–Trinajstić information content (AvgIpc) is 2.43. The summed E-state index contributed by atoms with van der Waals surface area (Å²) in [6, 6.07) is 0. The minimum atomic E-state index is -0.400. The van der Waals surface area contributed by atoms with E-state index in [9.17, 15) is 10.1 Å². The highest BCUT2D eigenvalue weighted by molar-refractivity contribution is 5.59. The summed E-state index contributed by atoms with van der Waals surface area (Å²) in [4.78, 5) is 21.3. The van der Waals surface area contributed by atoms with Crippen LogP contribution < -0.4 is 10.2 Å². The molecule has 1 saturated heterocycles. The van der Waals surface area contributed by atoms with E-state index in [4.69, 9.17) is 0 Å². The first-order valence-corrected chi connectivity index (χ1v) is 7.51. The van der Waals surface area contributed by atoms with E-state index in [-0.39, 0.29) is 5.69 Å². The van der Waals surface area contributed by atoms with Crippen LogP contribution in [0, 0.1) is 22.0 Å². The van der Waals surface area contributed by atoms with Gasteiger partial charge >= 0.3 is 5.69 Å². The topological polar surface area (TPSA) is 84.2 Å². The Morgan fingerprint density at radius 3 is 2.67 bits per heavy atom. The molecule has 1 aromatic heterocycles. The fourth-order valence-corrected chi connectivity index (χ4v) is 2.89. The minimum absolute atomic E-state index is 0.0154. The molecule has 1 fully saturated rings. The third kappa shape index (κ3) is 3.80. The maximum atomic E-state index is 11.2. The van der Waals surface area contributed by atoms with Gasteiger partial charge < -0.3 is 10.2 Å². The number of nitrogens with zero attached hydrogens (tertiary/aromatic N) is 4. The van der Waals surface area contributed by atoms with Crippen LogP contribution in [0.25, 0.3) is 0 Å². The van der Waals surface area contributed by atoms with Crippen molar-refractivity contribution in [3.63, 3.8) is 0 Å². The van der Waals surface area contributed by atoms with Gasteiger partial charge in [-0.2, -0.15) is 4.98 Å². The monoisotopic (exact) mass is 293 g/mol. The fraction of sp³-hybridized carbons (Fsp3) is 0.714. The summed E-state index contributed by atoms with van der Waals surface area (Å²) < 4.78 is 0. The summed E-state index contributed by atoms with van der Waals surface area (Å²) in [6.45, 7) is 8.75. The Hall–Kier alpha value is -1.92. The first kappa shape index (κ1) is 15.5. The van der Waals surface area contributed by atoms with Crippen LogP contribution in [0.5, 0.6) is 0 Å². The number of piperidine rings is 1. The van der Waals surface area contributed by atoms with E-state index in [0.717, 1.165) is 32.5 Å². The molecule has 0 saturated carbocycles. The normalized spacial score (nSPS) is 22.1. The van der Waals surface area contributed by atoms with Gasteiger partial charge in [-0.15, -0.1) is 0 Å². The molecule has 1 aliphatic rings. The van der Waals surface area contributed by atoms with Crippen molar-refractivity contribution in [2.45, 2.75) is 33.6 Å². The standard InChI is InChI=1S/C14H23N5O2/c1-4-5-15-14-16-7-12(19(20)21)13(17-14)18-8-10(2)6-11(3)9-18/h7,10-11H,4-6,8-9H2,1-3H3,(H,15,16,17). The number of nitro groups is 1. The van der Waals surface area contributed by atoms with Crippen molar-refractivity contribution in [2.75, 3.05) is 29.9 Å². The zero-order valence-electron chi connectivity index (χ0n) is 12.9. The van der Waals surface area contributed by atoms with Crippen molar-refractivity contribution >= 4 is 17.5 Å². The largest absolute Gasteiger partial charge is 0.354 e. The molecule has 0 spiro atoms. The van der Waals surface area contributed by atoms with E-state index in [1.165, 1.54) is 6.20 Å². The quantitative estimate of drug-likeness (QED) is 0.663. The lowest BCUT2D eigenvalue weighted by atomic mass is 9.92. The fourth-order valence-electron chi connectivity index (χ4n) is 2.89. The molecule has 7 heteroatoms. The van der Waals surface area contributed by atoms with E-state index in [1.54, 1.807) is 0 Å². The van der Waals surface area contributed by atoms with Crippen LogP contribution in [-0.2, 0) is 0 Å². The van der Waals surface area contributed by atoms with E-state index >= 15 is 0 Å². The summed E-state index contributed by atoms with van der Waals surface area (Å²) >= 11 is 0. The van der Waals surface area contributed by atoms with Gasteiger partial charge in [0.25, 0.3) is 0 Å². The lowest BCUT2D eigenvalue weighted by Crippen LogP contribution is -2.39. The molecule has 21 heavy (non-hydrogen) atoms. The van der Waals surface area contributed by atoms with Gasteiger partial charge in [0.05, 0.1) is 4.92 Å². The minimum Gasteiger partial charge on any atom is -0.354 e. The van der Waals surface area contributed by atoms with E-state index in [0.29, 0.717) is 23.6 Å². The van der Waals surface area contributed by atoms with Crippen molar-refractivity contribution in [3.8, 4) is 0 Å². The Morgan fingerprint density at radius 1 is 1.43 bits per heavy atom. The summed E-state index contributed by atoms with van der Waals surface area (Å²) in [5, 5.41) is 14.3. The third-order valence-corrected chi connectivity index (χ3v) is 3.65. The molecular formula is C14H23N5O2. The summed E-state index contributed by atoms with van der Waals surface area (Å²) in [5.41, 5.74) is -0.0154. The molecule has 0 aromatic carbocycles. The highest BCUT2D eigenvalue weighted by Crippen LogP contribution is 2.31. The smallest absolute Gasteiger partial charge is 0.329 e. The predicted molar refractivity (Wildman–Crippen MR) is 82.6 cm³/mol. The second-order valence-electron chi connectivity index (χ2n) is 5.94. The van der Waals surface area contributed by atoms with Crippen LogP contribution in [-0.4, -0.2) is 34.5 Å². The molecule has 0 aliphatic carbocycles. The van der Waals surface area contributed by atoms with Gasteiger partial charge in [0.1, 0.15) is 6.20 Å². The first-order chi connectivity index (χ1) is 10.0. The molecule has 2 unspecified atom stereocenters. The van der Waals surface area contributed by atoms with Crippen LogP contribution in [0.2, 0.25) is 0 Å². The maximum absolute atomic E-state index is 11.2. The Labute approximate surface area is 124 Å². The summed E-state index contributed by atoms with van der Waals surface area (Å²) in [5.74, 6) is 1.92. The van der Waals surface area contributed by atoms with Gasteiger partial charge in [0.2, 0.25) is 11.8 Å². The zero-order chi connectivity index (χ0) is 15.4. The lowest BCUT2D eigenvalue weighted by molar-refractivity contribution is -0.384.